The molecule has 0 amide bonds. The number of piperidine rings is 1. The molecule has 15 heavy (non-hydrogen) atoms. The Morgan fingerprint density at radius 3 is 2.53 bits per heavy atom. The summed E-state index contributed by atoms with van der Waals surface area (Å²) in [5.74, 6) is -0.0830. The molecule has 0 aromatic rings. The smallest absolute Gasteiger partial charge is 0.448 e. The zero-order valence-corrected chi connectivity index (χ0v) is 12.3. The van der Waals surface area contributed by atoms with Gasteiger partial charge in [0, 0.05) is 25.4 Å². The van der Waals surface area contributed by atoms with Crippen molar-refractivity contribution in [2.24, 2.45) is 5.92 Å². The molecular formula is C8H14BF3KNO. The molecule has 7 heteroatoms. The van der Waals surface area contributed by atoms with Gasteiger partial charge in [0.1, 0.15) is 5.78 Å². The van der Waals surface area contributed by atoms with Crippen molar-refractivity contribution in [3.63, 3.8) is 0 Å². The van der Waals surface area contributed by atoms with Crippen molar-refractivity contribution in [3.05, 3.63) is 0 Å². The SMILES string of the molecule is CCC1CN(C[B-](F)(F)F)CCC1=O.[K+]. The Labute approximate surface area is 130 Å². The van der Waals surface area contributed by atoms with E-state index in [1.807, 2.05) is 6.92 Å². The van der Waals surface area contributed by atoms with Gasteiger partial charge in [-0.1, -0.05) is 6.92 Å². The third-order valence-electron chi connectivity index (χ3n) is 2.57. The Balaban J connectivity index is 0.00000196. The quantitative estimate of drug-likeness (QED) is 0.576. The Kier molecular flexibility index (Phi) is 7.26. The fourth-order valence-electron chi connectivity index (χ4n) is 1.79. The van der Waals surface area contributed by atoms with E-state index in [9.17, 15) is 17.7 Å². The number of Topliss-reactive ketones (excluding diaryl/α,β-unsaturated/α-hetero) is 1. The number of halogens is 3. The molecular weight excluding hydrogens is 233 g/mol. The second kappa shape index (κ2) is 6.76. The summed E-state index contributed by atoms with van der Waals surface area (Å²) >= 11 is 0. The molecule has 2 nitrogen and oxygen atoms in total. The molecule has 0 aliphatic carbocycles. The fraction of sp³-hybridized carbons (Fsp3) is 0.875. The summed E-state index contributed by atoms with van der Waals surface area (Å²) in [6, 6.07) is 0. The van der Waals surface area contributed by atoms with E-state index in [2.05, 4.69) is 0 Å². The number of hydrogen-bond donors (Lipinski definition) is 0. The largest absolute Gasteiger partial charge is 1.00 e. The minimum absolute atomic E-state index is 0. The van der Waals surface area contributed by atoms with Gasteiger partial charge in [0.05, 0.1) is 0 Å². The van der Waals surface area contributed by atoms with Gasteiger partial charge >= 0.3 is 58.4 Å². The van der Waals surface area contributed by atoms with Crippen LogP contribution in [0.3, 0.4) is 0 Å². The van der Waals surface area contributed by atoms with Crippen LogP contribution in [0.5, 0.6) is 0 Å². The topological polar surface area (TPSA) is 20.3 Å². The number of carbonyl (C=O) groups excluding carboxylic acids is 1. The zero-order valence-electron chi connectivity index (χ0n) is 9.18. The Bertz CT molecular complexity index is 224. The van der Waals surface area contributed by atoms with Gasteiger partial charge in [-0.3, -0.25) is 4.79 Å². The standard InChI is InChI=1S/C8H14BF3NO.K/c1-2-7-5-13(4-3-8(7)14)6-9(10,11)12;/h7H,2-6H2,1H3;/q-1;+1. The molecule has 1 heterocycles. The second-order valence-corrected chi connectivity index (χ2v) is 3.79. The van der Waals surface area contributed by atoms with E-state index in [4.69, 9.17) is 0 Å². The van der Waals surface area contributed by atoms with Crippen LogP contribution >= 0.6 is 0 Å². The third-order valence-corrected chi connectivity index (χ3v) is 2.57. The Morgan fingerprint density at radius 2 is 2.07 bits per heavy atom. The molecule has 1 rings (SSSR count). The van der Waals surface area contributed by atoms with E-state index in [-0.39, 0.29) is 82.6 Å². The number of hydrogen-bond acceptors (Lipinski definition) is 2. The van der Waals surface area contributed by atoms with Crippen molar-refractivity contribution in [2.45, 2.75) is 19.8 Å². The molecule has 82 valence electrons. The van der Waals surface area contributed by atoms with Crippen molar-refractivity contribution in [1.29, 1.82) is 0 Å². The van der Waals surface area contributed by atoms with Crippen LogP contribution in [-0.4, -0.2) is 37.2 Å². The minimum atomic E-state index is -4.76. The van der Waals surface area contributed by atoms with Crippen LogP contribution in [0.15, 0.2) is 0 Å². The normalized spacial score (nSPS) is 23.7. The molecule has 1 aliphatic rings. The first kappa shape index (κ1) is 16.1. The van der Waals surface area contributed by atoms with Crippen LogP contribution in [0.25, 0.3) is 0 Å². The van der Waals surface area contributed by atoms with E-state index in [0.29, 0.717) is 6.42 Å². The number of carbonyl (C=O) groups is 1. The minimum Gasteiger partial charge on any atom is -0.448 e. The number of ketones is 1. The Morgan fingerprint density at radius 1 is 1.47 bits per heavy atom. The third kappa shape index (κ3) is 5.84. The van der Waals surface area contributed by atoms with Crippen LogP contribution in [0.4, 0.5) is 12.9 Å². The molecule has 1 fully saturated rings. The molecule has 1 unspecified atom stereocenters. The number of likely N-dealkylation sites (tertiary alicyclic amines) is 1. The van der Waals surface area contributed by atoms with Crippen molar-refractivity contribution in [2.75, 3.05) is 19.5 Å². The Hall–Kier alpha value is 1.12. The first-order valence-corrected chi connectivity index (χ1v) is 4.88. The van der Waals surface area contributed by atoms with Crippen molar-refractivity contribution in [3.8, 4) is 0 Å². The molecule has 1 atom stereocenters. The predicted octanol–water partition coefficient (Wildman–Crippen LogP) is -1.32. The molecule has 0 radical (unpaired) electrons. The molecule has 1 aliphatic heterocycles. The van der Waals surface area contributed by atoms with Gasteiger partial charge in [-0.05, 0) is 12.9 Å². The molecule has 1 saturated heterocycles. The molecule has 0 aromatic heterocycles. The first-order valence-electron chi connectivity index (χ1n) is 4.88. The summed E-state index contributed by atoms with van der Waals surface area (Å²) in [5.41, 5.74) is 0. The predicted molar refractivity (Wildman–Crippen MR) is 48.9 cm³/mol. The summed E-state index contributed by atoms with van der Waals surface area (Å²) in [7, 11) is 0. The van der Waals surface area contributed by atoms with E-state index < -0.39 is 13.4 Å². The summed E-state index contributed by atoms with van der Waals surface area (Å²) in [4.78, 5) is 12.6. The zero-order chi connectivity index (χ0) is 10.8. The maximum atomic E-state index is 12.1. The number of nitrogens with zero attached hydrogens (tertiary/aromatic N) is 1. The van der Waals surface area contributed by atoms with Gasteiger partial charge in [-0.25, -0.2) is 0 Å². The van der Waals surface area contributed by atoms with Gasteiger partial charge in [-0.2, -0.15) is 0 Å². The van der Waals surface area contributed by atoms with E-state index in [0.717, 1.165) is 0 Å². The second-order valence-electron chi connectivity index (χ2n) is 3.79. The molecule has 0 N–H and O–H groups in total. The van der Waals surface area contributed by atoms with E-state index >= 15 is 0 Å². The maximum Gasteiger partial charge on any atom is 1.00 e. The monoisotopic (exact) mass is 247 g/mol. The van der Waals surface area contributed by atoms with Crippen LogP contribution in [-0.2, 0) is 4.79 Å². The van der Waals surface area contributed by atoms with Crippen LogP contribution in [0, 0.1) is 5.92 Å². The van der Waals surface area contributed by atoms with Crippen molar-refractivity contribution < 1.29 is 69.1 Å². The van der Waals surface area contributed by atoms with Crippen LogP contribution in [0.1, 0.15) is 19.8 Å². The average Bonchev–Trinajstić information content (AvgIpc) is 2.06. The van der Waals surface area contributed by atoms with Gasteiger partial charge in [0.2, 0.25) is 0 Å². The molecule has 0 aromatic carbocycles. The number of rotatable bonds is 3. The summed E-state index contributed by atoms with van der Waals surface area (Å²) in [5, 5.41) is 0. The van der Waals surface area contributed by atoms with Crippen molar-refractivity contribution in [1.82, 2.24) is 4.90 Å². The molecule has 0 saturated carbocycles. The van der Waals surface area contributed by atoms with Gasteiger partial charge in [-0.15, -0.1) is 0 Å². The fourth-order valence-corrected chi connectivity index (χ4v) is 1.79. The van der Waals surface area contributed by atoms with E-state index in [1.165, 1.54) is 4.90 Å². The summed E-state index contributed by atoms with van der Waals surface area (Å²) in [6.45, 7) is -2.38. The van der Waals surface area contributed by atoms with E-state index in [1.54, 1.807) is 0 Å². The average molecular weight is 247 g/mol. The summed E-state index contributed by atoms with van der Waals surface area (Å²) < 4.78 is 36.3. The first-order chi connectivity index (χ1) is 6.42. The van der Waals surface area contributed by atoms with Crippen LogP contribution < -0.4 is 51.4 Å². The van der Waals surface area contributed by atoms with Gasteiger partial charge < -0.3 is 17.8 Å². The van der Waals surface area contributed by atoms with Crippen molar-refractivity contribution >= 4 is 12.8 Å². The molecule has 0 bridgehead atoms. The maximum absolute atomic E-state index is 12.1. The summed E-state index contributed by atoms with van der Waals surface area (Å²) in [6.07, 6.45) is 0.0780. The van der Waals surface area contributed by atoms with Crippen LogP contribution in [0.2, 0.25) is 0 Å². The molecule has 0 spiro atoms. The van der Waals surface area contributed by atoms with Gasteiger partial charge in [0.25, 0.3) is 0 Å². The van der Waals surface area contributed by atoms with Gasteiger partial charge in [0.15, 0.2) is 0 Å².